The number of anilines is 2. The van der Waals surface area contributed by atoms with Crippen LogP contribution in [0.25, 0.3) is 11.3 Å². The zero-order valence-corrected chi connectivity index (χ0v) is 17.8. The van der Waals surface area contributed by atoms with Crippen molar-refractivity contribution in [3.8, 4) is 22.8 Å². The van der Waals surface area contributed by atoms with Gasteiger partial charge in [0.05, 0.1) is 19.4 Å². The third-order valence-corrected chi connectivity index (χ3v) is 5.38. The van der Waals surface area contributed by atoms with Gasteiger partial charge < -0.3 is 14.8 Å². The number of nitrogens with one attached hydrogen (secondary N) is 2. The van der Waals surface area contributed by atoms with Crippen LogP contribution in [-0.2, 0) is 16.4 Å². The van der Waals surface area contributed by atoms with Crippen molar-refractivity contribution in [3.05, 3.63) is 59.8 Å². The first-order chi connectivity index (χ1) is 15.0. The molecule has 9 heteroatoms. The summed E-state index contributed by atoms with van der Waals surface area (Å²) in [4.78, 5) is 8.37. The van der Waals surface area contributed by atoms with E-state index in [0.717, 1.165) is 18.2 Å². The van der Waals surface area contributed by atoms with Gasteiger partial charge in [0.1, 0.15) is 23.0 Å². The molecule has 0 spiro atoms. The van der Waals surface area contributed by atoms with Crippen LogP contribution in [0.3, 0.4) is 0 Å². The highest BCUT2D eigenvalue weighted by Crippen LogP contribution is 2.33. The van der Waals surface area contributed by atoms with E-state index in [2.05, 4.69) is 15.3 Å². The summed E-state index contributed by atoms with van der Waals surface area (Å²) in [6, 6.07) is 9.59. The number of ether oxygens (including phenoxy) is 2. The highest BCUT2D eigenvalue weighted by molar-refractivity contribution is 7.84. The maximum atomic E-state index is 14.6. The molecule has 2 heterocycles. The van der Waals surface area contributed by atoms with Gasteiger partial charge in [0, 0.05) is 29.1 Å². The average molecular weight is 445 g/mol. The van der Waals surface area contributed by atoms with Gasteiger partial charge in [0.2, 0.25) is 5.95 Å². The minimum absolute atomic E-state index is 0.0243. The molecule has 6 nitrogen and oxygen atoms in total. The summed E-state index contributed by atoms with van der Waals surface area (Å²) in [7, 11) is -0.526. The van der Waals surface area contributed by atoms with Gasteiger partial charge in [-0.15, -0.1) is 10.7 Å². The second kappa shape index (κ2) is 9.38. The Bertz CT molecular complexity index is 1130. The van der Waals surface area contributed by atoms with Crippen molar-refractivity contribution in [1.29, 1.82) is 4.78 Å². The fraction of sp³-hybridized carbons (Fsp3) is 0.273. The van der Waals surface area contributed by atoms with Crippen LogP contribution in [0.4, 0.5) is 20.4 Å². The second-order valence-electron chi connectivity index (χ2n) is 7.21. The summed E-state index contributed by atoms with van der Waals surface area (Å²) in [5.41, 5.74) is 2.02. The van der Waals surface area contributed by atoms with Gasteiger partial charge in [0.15, 0.2) is 5.82 Å². The molecule has 3 aromatic rings. The van der Waals surface area contributed by atoms with Crippen LogP contribution in [0.5, 0.6) is 11.5 Å². The highest BCUT2D eigenvalue weighted by atomic mass is 32.2. The zero-order chi connectivity index (χ0) is 21.8. The molecule has 2 N–H and O–H groups in total. The number of hydrogen-bond donors (Lipinski definition) is 2. The molecule has 1 atom stereocenters. The van der Waals surface area contributed by atoms with E-state index in [0.29, 0.717) is 42.4 Å². The molecule has 4 bridgehead atoms. The minimum Gasteiger partial charge on any atom is -0.494 e. The predicted octanol–water partition coefficient (Wildman–Crippen LogP) is 5.23. The lowest BCUT2D eigenvalue weighted by atomic mass is 10.1. The Morgan fingerprint density at radius 3 is 2.71 bits per heavy atom. The molecule has 0 saturated carbocycles. The Morgan fingerprint density at radius 2 is 1.90 bits per heavy atom. The van der Waals surface area contributed by atoms with Gasteiger partial charge in [-0.05, 0) is 48.9 Å². The zero-order valence-electron chi connectivity index (χ0n) is 17.0. The van der Waals surface area contributed by atoms with Crippen molar-refractivity contribution < 1.29 is 18.3 Å². The van der Waals surface area contributed by atoms with Gasteiger partial charge >= 0.3 is 0 Å². The van der Waals surface area contributed by atoms with Crippen molar-refractivity contribution in [3.63, 3.8) is 0 Å². The van der Waals surface area contributed by atoms with Gasteiger partial charge in [-0.2, -0.15) is 0 Å². The first-order valence-corrected chi connectivity index (χ1v) is 11.6. The molecule has 162 valence electrons. The lowest BCUT2D eigenvalue weighted by Crippen LogP contribution is -2.04. The smallest absolute Gasteiger partial charge is 0.227 e. The summed E-state index contributed by atoms with van der Waals surface area (Å²) in [6.45, 7) is 0.820. The molecule has 1 aliphatic heterocycles. The Kier molecular flexibility index (Phi) is 6.41. The molecule has 1 unspecified atom stereocenters. The fourth-order valence-electron chi connectivity index (χ4n) is 3.28. The fourth-order valence-corrected chi connectivity index (χ4v) is 3.95. The third kappa shape index (κ3) is 5.35. The van der Waals surface area contributed by atoms with Crippen LogP contribution in [0.2, 0.25) is 0 Å². The van der Waals surface area contributed by atoms with Crippen LogP contribution in [0, 0.1) is 16.4 Å². The normalized spacial score (nSPS) is 14.7. The van der Waals surface area contributed by atoms with E-state index in [9.17, 15) is 8.78 Å². The molecule has 0 fully saturated rings. The molecule has 0 aliphatic carbocycles. The molecule has 2 aromatic carbocycles. The van der Waals surface area contributed by atoms with E-state index in [4.69, 9.17) is 14.3 Å². The molecule has 0 saturated heterocycles. The second-order valence-corrected chi connectivity index (χ2v) is 8.77. The molecular formula is C22H22F2N4O2S. The molecular weight excluding hydrogens is 422 g/mol. The number of hydrogen-bond acceptors (Lipinski definition) is 6. The van der Waals surface area contributed by atoms with Crippen molar-refractivity contribution in [2.75, 3.05) is 24.8 Å². The van der Waals surface area contributed by atoms with E-state index in [1.54, 1.807) is 0 Å². The van der Waals surface area contributed by atoms with Gasteiger partial charge in [-0.1, -0.05) is 0 Å². The Morgan fingerprint density at radius 1 is 1.10 bits per heavy atom. The topological polar surface area (TPSA) is 80.1 Å². The first kappa shape index (κ1) is 21.2. The monoisotopic (exact) mass is 444 g/mol. The van der Waals surface area contributed by atoms with E-state index in [1.165, 1.54) is 18.2 Å². The summed E-state index contributed by atoms with van der Waals surface area (Å²) in [5, 5.41) is 3.09. The highest BCUT2D eigenvalue weighted by Gasteiger charge is 2.16. The number of benzene rings is 2. The minimum atomic E-state index is -0.631. The standard InChI is InChI=1S/C22H22F2N4O2S/c1-31(25)13-14-8-16-11-17(9-14)29-6-2-3-7-30-20-10-15(23)4-5-18(20)21-19(24)12-26-22(27-16)28-21/h4-5,8-12,25H,2-3,6-7,13H2,1H3,(H,26,27,28). The maximum absolute atomic E-state index is 14.6. The molecule has 4 rings (SSSR count). The Balaban J connectivity index is 1.78. The van der Waals surface area contributed by atoms with Gasteiger partial charge in [0.25, 0.3) is 0 Å². The SMILES string of the molecule is CS(=N)Cc1cc2cc(c1)OCCCCOc1cc(F)ccc1-c1nc(ncc1F)N2. The number of nitrogens with zero attached hydrogens (tertiary/aromatic N) is 2. The summed E-state index contributed by atoms with van der Waals surface area (Å²) in [5.74, 6) is 0.579. The summed E-state index contributed by atoms with van der Waals surface area (Å²) >= 11 is 0. The molecule has 31 heavy (non-hydrogen) atoms. The maximum Gasteiger partial charge on any atom is 0.227 e. The van der Waals surface area contributed by atoms with Crippen LogP contribution in [0.1, 0.15) is 18.4 Å². The quantitative estimate of drug-likeness (QED) is 0.566. The van der Waals surface area contributed by atoms with Crippen LogP contribution in [-0.4, -0.2) is 29.4 Å². The summed E-state index contributed by atoms with van der Waals surface area (Å²) < 4.78 is 47.9. The third-order valence-electron chi connectivity index (χ3n) is 4.61. The number of fused-ring (bicyclic) bond motifs is 6. The van der Waals surface area contributed by atoms with E-state index in [-0.39, 0.29) is 17.4 Å². The first-order valence-electron chi connectivity index (χ1n) is 9.81. The number of halogens is 2. The van der Waals surface area contributed by atoms with Gasteiger partial charge in [-0.3, -0.25) is 4.78 Å². The van der Waals surface area contributed by atoms with Crippen LogP contribution < -0.4 is 14.8 Å². The molecule has 0 amide bonds. The van der Waals surface area contributed by atoms with E-state index in [1.807, 2.05) is 24.5 Å². The van der Waals surface area contributed by atoms with Gasteiger partial charge in [-0.25, -0.2) is 18.7 Å². The molecule has 0 radical (unpaired) electrons. The molecule has 1 aromatic heterocycles. The van der Waals surface area contributed by atoms with Crippen LogP contribution in [0.15, 0.2) is 42.6 Å². The summed E-state index contributed by atoms with van der Waals surface area (Å²) in [6.07, 6.45) is 4.34. The van der Waals surface area contributed by atoms with Crippen molar-refractivity contribution in [1.82, 2.24) is 9.97 Å². The van der Waals surface area contributed by atoms with Crippen molar-refractivity contribution in [2.24, 2.45) is 0 Å². The number of rotatable bonds is 2. The van der Waals surface area contributed by atoms with E-state index < -0.39 is 22.3 Å². The Hall–Kier alpha value is -3.07. The largest absolute Gasteiger partial charge is 0.494 e. The predicted molar refractivity (Wildman–Crippen MR) is 117 cm³/mol. The van der Waals surface area contributed by atoms with Crippen molar-refractivity contribution >= 4 is 22.3 Å². The average Bonchev–Trinajstić information content (AvgIpc) is 2.71. The van der Waals surface area contributed by atoms with Crippen molar-refractivity contribution in [2.45, 2.75) is 18.6 Å². The van der Waals surface area contributed by atoms with Crippen LogP contribution >= 0.6 is 0 Å². The lowest BCUT2D eigenvalue weighted by Gasteiger charge is -2.13. The van der Waals surface area contributed by atoms with E-state index >= 15 is 0 Å². The lowest BCUT2D eigenvalue weighted by molar-refractivity contribution is 0.266. The molecule has 1 aliphatic rings. The number of aromatic nitrogens is 2. The Labute approximate surface area is 181 Å².